The van der Waals surface area contributed by atoms with Crippen LogP contribution in [0.15, 0.2) is 71.1 Å². The maximum Gasteiger partial charge on any atom is 0.293 e. The molecule has 1 aromatic heterocycles. The normalized spacial score (nSPS) is 11.8. The van der Waals surface area contributed by atoms with Crippen molar-refractivity contribution in [2.45, 2.75) is 13.3 Å². The first-order valence-corrected chi connectivity index (χ1v) is 9.82. The number of amides is 1. The van der Waals surface area contributed by atoms with Crippen LogP contribution in [0, 0.1) is 6.92 Å². The van der Waals surface area contributed by atoms with Gasteiger partial charge in [-0.2, -0.15) is 0 Å². The Kier molecular flexibility index (Phi) is 4.18. The third kappa shape index (κ3) is 3.09. The molecular formula is C24H18N2O2S. The SMILES string of the molecule is Cc1c(C(=O)NC(=S)Nc2ccc3c(c2)Cc2ccccc2-3)oc2ccccc12. The highest BCUT2D eigenvalue weighted by atomic mass is 32.1. The summed E-state index contributed by atoms with van der Waals surface area (Å²) in [4.78, 5) is 12.6. The molecular weight excluding hydrogens is 380 g/mol. The molecule has 0 saturated carbocycles. The van der Waals surface area contributed by atoms with Crippen molar-refractivity contribution in [1.29, 1.82) is 0 Å². The van der Waals surface area contributed by atoms with E-state index in [1.165, 1.54) is 22.3 Å². The fourth-order valence-electron chi connectivity index (χ4n) is 3.94. The van der Waals surface area contributed by atoms with Gasteiger partial charge in [0, 0.05) is 16.6 Å². The topological polar surface area (TPSA) is 54.3 Å². The van der Waals surface area contributed by atoms with Gasteiger partial charge in [-0.05, 0) is 66.0 Å². The molecule has 3 aromatic carbocycles. The minimum Gasteiger partial charge on any atom is -0.451 e. The largest absolute Gasteiger partial charge is 0.451 e. The van der Waals surface area contributed by atoms with Crippen molar-refractivity contribution in [3.05, 3.63) is 89.2 Å². The van der Waals surface area contributed by atoms with E-state index in [1.54, 1.807) is 0 Å². The van der Waals surface area contributed by atoms with E-state index in [-0.39, 0.29) is 16.8 Å². The van der Waals surface area contributed by atoms with Gasteiger partial charge in [0.05, 0.1) is 0 Å². The first-order chi connectivity index (χ1) is 14.1. The fraction of sp³-hybridized carbons (Fsp3) is 0.0833. The van der Waals surface area contributed by atoms with Crippen LogP contribution in [-0.4, -0.2) is 11.0 Å². The summed E-state index contributed by atoms with van der Waals surface area (Å²) < 4.78 is 5.71. The average molecular weight is 398 g/mol. The third-order valence-electron chi connectivity index (χ3n) is 5.33. The number of nitrogens with one attached hydrogen (secondary N) is 2. The minimum absolute atomic E-state index is 0.241. The van der Waals surface area contributed by atoms with Gasteiger partial charge in [-0.3, -0.25) is 10.1 Å². The zero-order valence-corrected chi connectivity index (χ0v) is 16.6. The van der Waals surface area contributed by atoms with Gasteiger partial charge in [0.15, 0.2) is 10.9 Å². The molecule has 0 atom stereocenters. The Hall–Kier alpha value is -3.44. The van der Waals surface area contributed by atoms with E-state index in [0.717, 1.165) is 23.1 Å². The number of para-hydroxylation sites is 1. The Morgan fingerprint density at radius 2 is 1.72 bits per heavy atom. The zero-order valence-electron chi connectivity index (χ0n) is 15.8. The highest BCUT2D eigenvalue weighted by Crippen LogP contribution is 2.37. The molecule has 2 N–H and O–H groups in total. The van der Waals surface area contributed by atoms with Gasteiger partial charge in [-0.1, -0.05) is 48.5 Å². The van der Waals surface area contributed by atoms with Crippen molar-refractivity contribution < 1.29 is 9.21 Å². The van der Waals surface area contributed by atoms with Gasteiger partial charge in [-0.15, -0.1) is 0 Å². The molecule has 4 nitrogen and oxygen atoms in total. The second-order valence-electron chi connectivity index (χ2n) is 7.17. The van der Waals surface area contributed by atoms with Crippen LogP contribution in [-0.2, 0) is 6.42 Å². The number of aryl methyl sites for hydroxylation is 1. The van der Waals surface area contributed by atoms with Crippen molar-refractivity contribution in [2.24, 2.45) is 0 Å². The molecule has 5 heteroatoms. The number of anilines is 1. The number of furan rings is 1. The smallest absolute Gasteiger partial charge is 0.293 e. The van der Waals surface area contributed by atoms with E-state index < -0.39 is 0 Å². The first-order valence-electron chi connectivity index (χ1n) is 9.42. The quantitative estimate of drug-likeness (QED) is 0.389. The maximum atomic E-state index is 12.6. The summed E-state index contributed by atoms with van der Waals surface area (Å²) in [6.45, 7) is 1.87. The maximum absolute atomic E-state index is 12.6. The average Bonchev–Trinajstić information content (AvgIpc) is 3.25. The van der Waals surface area contributed by atoms with Crippen LogP contribution in [0.2, 0.25) is 0 Å². The lowest BCUT2D eigenvalue weighted by atomic mass is 10.1. The summed E-state index contributed by atoms with van der Waals surface area (Å²) in [5.41, 5.74) is 7.45. The van der Waals surface area contributed by atoms with E-state index in [9.17, 15) is 4.79 Å². The number of rotatable bonds is 2. The first kappa shape index (κ1) is 17.6. The number of carbonyl (C=O) groups excluding carboxylic acids is 1. The summed E-state index contributed by atoms with van der Waals surface area (Å²) in [6, 6.07) is 22.2. The Labute approximate surface area is 173 Å². The second-order valence-corrected chi connectivity index (χ2v) is 7.57. The molecule has 1 amide bonds. The van der Waals surface area contributed by atoms with Crippen molar-refractivity contribution in [3.63, 3.8) is 0 Å². The molecule has 1 aliphatic rings. The Morgan fingerprint density at radius 3 is 2.59 bits per heavy atom. The summed E-state index contributed by atoms with van der Waals surface area (Å²) >= 11 is 5.35. The fourth-order valence-corrected chi connectivity index (χ4v) is 4.15. The summed E-state index contributed by atoms with van der Waals surface area (Å²) in [6.07, 6.45) is 0.901. The van der Waals surface area contributed by atoms with Crippen LogP contribution in [0.3, 0.4) is 0 Å². The van der Waals surface area contributed by atoms with Crippen molar-refractivity contribution in [2.75, 3.05) is 5.32 Å². The van der Waals surface area contributed by atoms with Crippen molar-refractivity contribution in [3.8, 4) is 11.1 Å². The van der Waals surface area contributed by atoms with Crippen LogP contribution in [0.25, 0.3) is 22.1 Å². The van der Waals surface area contributed by atoms with Gasteiger partial charge in [0.2, 0.25) is 0 Å². The standard InChI is InChI=1S/C24H18N2O2S/c1-14-18-7-4-5-9-21(18)28-22(14)23(27)26-24(29)25-17-10-11-20-16(13-17)12-15-6-2-3-8-19(15)20/h2-11,13H,12H2,1H3,(H2,25,26,27,29). The highest BCUT2D eigenvalue weighted by Gasteiger charge is 2.20. The third-order valence-corrected chi connectivity index (χ3v) is 5.53. The lowest BCUT2D eigenvalue weighted by Gasteiger charge is -2.10. The number of fused-ring (bicyclic) bond motifs is 4. The van der Waals surface area contributed by atoms with Gasteiger partial charge in [0.25, 0.3) is 5.91 Å². The van der Waals surface area contributed by atoms with Crippen LogP contribution >= 0.6 is 12.2 Å². The highest BCUT2D eigenvalue weighted by molar-refractivity contribution is 7.80. The number of hydrogen-bond acceptors (Lipinski definition) is 3. The molecule has 0 fully saturated rings. The molecule has 0 bridgehead atoms. The number of thiocarbonyl (C=S) groups is 1. The number of benzene rings is 3. The lowest BCUT2D eigenvalue weighted by molar-refractivity contribution is 0.0952. The monoisotopic (exact) mass is 398 g/mol. The molecule has 0 aliphatic heterocycles. The van der Waals surface area contributed by atoms with E-state index in [2.05, 4.69) is 47.0 Å². The number of carbonyl (C=O) groups is 1. The summed E-state index contributed by atoms with van der Waals surface area (Å²) in [5, 5.41) is 7.00. The van der Waals surface area contributed by atoms with E-state index in [1.807, 2.05) is 37.3 Å². The van der Waals surface area contributed by atoms with Crippen molar-refractivity contribution >= 4 is 39.9 Å². The Morgan fingerprint density at radius 1 is 0.966 bits per heavy atom. The van der Waals surface area contributed by atoms with E-state index in [0.29, 0.717) is 5.58 Å². The van der Waals surface area contributed by atoms with Gasteiger partial charge >= 0.3 is 0 Å². The predicted molar refractivity (Wildman–Crippen MR) is 119 cm³/mol. The molecule has 1 heterocycles. The summed E-state index contributed by atoms with van der Waals surface area (Å²) in [7, 11) is 0. The van der Waals surface area contributed by atoms with Gasteiger partial charge in [-0.25, -0.2) is 0 Å². The molecule has 0 spiro atoms. The van der Waals surface area contributed by atoms with E-state index in [4.69, 9.17) is 16.6 Å². The van der Waals surface area contributed by atoms with Gasteiger partial charge < -0.3 is 9.73 Å². The van der Waals surface area contributed by atoms with Crippen LogP contribution in [0.4, 0.5) is 5.69 Å². The zero-order chi connectivity index (χ0) is 20.0. The lowest BCUT2D eigenvalue weighted by Crippen LogP contribution is -2.34. The van der Waals surface area contributed by atoms with E-state index >= 15 is 0 Å². The molecule has 5 rings (SSSR count). The second kappa shape index (κ2) is 6.87. The molecule has 0 radical (unpaired) electrons. The molecule has 0 unspecified atom stereocenters. The van der Waals surface area contributed by atoms with Gasteiger partial charge in [0.1, 0.15) is 5.58 Å². The van der Waals surface area contributed by atoms with Crippen LogP contribution in [0.1, 0.15) is 27.2 Å². The summed E-state index contributed by atoms with van der Waals surface area (Å²) in [5.74, 6) is -0.0791. The Balaban J connectivity index is 1.31. The molecule has 0 saturated heterocycles. The minimum atomic E-state index is -0.357. The molecule has 29 heavy (non-hydrogen) atoms. The molecule has 4 aromatic rings. The van der Waals surface area contributed by atoms with Crippen molar-refractivity contribution in [1.82, 2.24) is 5.32 Å². The Bertz CT molecular complexity index is 1290. The predicted octanol–water partition coefficient (Wildman–Crippen LogP) is 5.44. The van der Waals surface area contributed by atoms with Crippen LogP contribution < -0.4 is 10.6 Å². The molecule has 1 aliphatic carbocycles. The number of hydrogen-bond donors (Lipinski definition) is 2. The van der Waals surface area contributed by atoms with Crippen LogP contribution in [0.5, 0.6) is 0 Å². The molecule has 142 valence electrons.